The maximum Gasteiger partial charge on any atom is 0.252 e. The van der Waals surface area contributed by atoms with E-state index in [2.05, 4.69) is 303 Å². The van der Waals surface area contributed by atoms with Gasteiger partial charge in [-0.15, -0.1) is 0 Å². The van der Waals surface area contributed by atoms with E-state index >= 15 is 0 Å². The maximum atomic E-state index is 2.58. The Morgan fingerprint density at radius 2 is 0.760 bits per heavy atom. The summed E-state index contributed by atoms with van der Waals surface area (Å²) in [5, 5.41) is 2.41. The molecule has 2 aliphatic heterocycles. The van der Waals surface area contributed by atoms with Gasteiger partial charge in [0.2, 0.25) is 0 Å². The molecule has 1 aromatic heterocycles. The standard InChI is InChI=1S/C70H69BN4/c1-67(2,3)46-30-36-52(37-31-46)73-60-40-34-48(69(7,8)9)42-57(60)71-58-43-49(70(10,11)12)35-41-61(58)74(53-38-32-47(33-39-53)68(4,5)6)64-45-54(44-63(73)65(64)71)75-59-28-20-19-26-55(59)56-27-21-29-62(66(56)75)72(50-22-15-13-16-23-50)51-24-17-14-18-25-51/h13-45H,1-12H3. The molecule has 0 saturated carbocycles. The van der Waals surface area contributed by atoms with Gasteiger partial charge >= 0.3 is 0 Å². The summed E-state index contributed by atoms with van der Waals surface area (Å²) < 4.78 is 2.56. The van der Waals surface area contributed by atoms with E-state index in [1.807, 2.05) is 0 Å². The molecule has 75 heavy (non-hydrogen) atoms. The van der Waals surface area contributed by atoms with E-state index in [1.54, 1.807) is 0 Å². The lowest BCUT2D eigenvalue weighted by Crippen LogP contribution is -2.61. The Morgan fingerprint density at radius 3 is 1.21 bits per heavy atom. The van der Waals surface area contributed by atoms with E-state index in [4.69, 9.17) is 0 Å². The number of rotatable bonds is 6. The van der Waals surface area contributed by atoms with Crippen molar-refractivity contribution in [2.75, 3.05) is 14.7 Å². The van der Waals surface area contributed by atoms with Gasteiger partial charge < -0.3 is 19.3 Å². The molecule has 0 fully saturated rings. The predicted molar refractivity (Wildman–Crippen MR) is 324 cm³/mol. The van der Waals surface area contributed by atoms with Crippen molar-refractivity contribution < 1.29 is 0 Å². The number of hydrogen-bond acceptors (Lipinski definition) is 3. The van der Waals surface area contributed by atoms with Gasteiger partial charge in [-0.3, -0.25) is 0 Å². The molecule has 0 atom stereocenters. The molecule has 0 unspecified atom stereocenters. The molecule has 10 aromatic rings. The van der Waals surface area contributed by atoms with Crippen LogP contribution in [-0.2, 0) is 21.7 Å². The largest absolute Gasteiger partial charge is 0.311 e. The van der Waals surface area contributed by atoms with Crippen LogP contribution in [0, 0.1) is 0 Å². The van der Waals surface area contributed by atoms with Crippen LogP contribution in [0.5, 0.6) is 0 Å². The van der Waals surface area contributed by atoms with Crippen molar-refractivity contribution in [1.29, 1.82) is 0 Å². The van der Waals surface area contributed by atoms with Gasteiger partial charge in [0.05, 0.1) is 22.4 Å². The predicted octanol–water partition coefficient (Wildman–Crippen LogP) is 17.5. The molecule has 2 aliphatic rings. The van der Waals surface area contributed by atoms with Crippen LogP contribution < -0.4 is 31.1 Å². The number of aromatic nitrogens is 1. The first-order valence-corrected chi connectivity index (χ1v) is 27.0. The van der Waals surface area contributed by atoms with E-state index in [0.717, 1.165) is 45.2 Å². The van der Waals surface area contributed by atoms with Crippen molar-refractivity contribution in [1.82, 2.24) is 4.57 Å². The van der Waals surface area contributed by atoms with Gasteiger partial charge in [0, 0.05) is 56.3 Å². The fraction of sp³-hybridized carbons (Fsp3) is 0.229. The number of hydrogen-bond donors (Lipinski definition) is 0. The SMILES string of the molecule is CC(C)(C)c1ccc(N2c3ccc(C(C)(C)C)cc3B3c4cc(C(C)(C)C)ccc4N(c4ccc(C(C)(C)C)cc4)c4cc(-n5c6ccccc6c6cccc(N(c7ccccc7)c7ccccc7)c65)cc2c43)cc1. The number of fused-ring (bicyclic) bond motifs is 7. The zero-order valence-electron chi connectivity index (χ0n) is 45.9. The fourth-order valence-corrected chi connectivity index (χ4v) is 11.9. The minimum Gasteiger partial charge on any atom is -0.311 e. The van der Waals surface area contributed by atoms with Crippen LogP contribution in [0.3, 0.4) is 0 Å². The van der Waals surface area contributed by atoms with Crippen LogP contribution in [0.1, 0.15) is 105 Å². The summed E-state index contributed by atoms with van der Waals surface area (Å²) in [7, 11) is 0. The minimum absolute atomic E-state index is 0.00323. The highest BCUT2D eigenvalue weighted by Gasteiger charge is 2.45. The number of nitrogens with zero attached hydrogens (tertiary/aromatic N) is 4. The molecule has 5 heteroatoms. The Labute approximate surface area is 446 Å². The van der Waals surface area contributed by atoms with Gasteiger partial charge in [0.25, 0.3) is 6.71 Å². The molecule has 0 bridgehead atoms. The molecule has 4 nitrogen and oxygen atoms in total. The van der Waals surface area contributed by atoms with E-state index in [1.165, 1.54) is 72.2 Å². The van der Waals surface area contributed by atoms with Gasteiger partial charge in [0.15, 0.2) is 0 Å². The van der Waals surface area contributed by atoms with Crippen LogP contribution in [0.15, 0.2) is 200 Å². The molecule has 0 N–H and O–H groups in total. The second-order valence-corrected chi connectivity index (χ2v) is 25.2. The highest BCUT2D eigenvalue weighted by molar-refractivity contribution is 7.00. The van der Waals surface area contributed by atoms with Crippen LogP contribution in [0.4, 0.5) is 51.2 Å². The Morgan fingerprint density at radius 1 is 0.347 bits per heavy atom. The average molecular weight is 977 g/mol. The molecule has 0 radical (unpaired) electrons. The third-order valence-electron chi connectivity index (χ3n) is 16.0. The highest BCUT2D eigenvalue weighted by atomic mass is 15.2. The lowest BCUT2D eigenvalue weighted by Gasteiger charge is -2.45. The Kier molecular flexibility index (Phi) is 11.2. The van der Waals surface area contributed by atoms with Crippen LogP contribution in [-0.4, -0.2) is 11.3 Å². The smallest absolute Gasteiger partial charge is 0.252 e. The number of para-hydroxylation sites is 4. The molecule has 0 aliphatic carbocycles. The van der Waals surface area contributed by atoms with Crippen LogP contribution in [0.25, 0.3) is 27.5 Å². The minimum atomic E-state index is -0.0611. The first-order valence-electron chi connectivity index (χ1n) is 27.0. The molecule has 0 amide bonds. The lowest BCUT2D eigenvalue weighted by atomic mass is 9.33. The van der Waals surface area contributed by atoms with Gasteiger partial charge in [-0.1, -0.05) is 198 Å². The summed E-state index contributed by atoms with van der Waals surface area (Å²) in [6.45, 7) is 27.9. The fourth-order valence-electron chi connectivity index (χ4n) is 11.9. The monoisotopic (exact) mass is 977 g/mol. The molecule has 3 heterocycles. The zero-order chi connectivity index (χ0) is 52.3. The average Bonchev–Trinajstić information content (AvgIpc) is 3.76. The quantitative estimate of drug-likeness (QED) is 0.154. The van der Waals surface area contributed by atoms with Crippen LogP contribution >= 0.6 is 0 Å². The zero-order valence-corrected chi connectivity index (χ0v) is 45.9. The van der Waals surface area contributed by atoms with Crippen molar-refractivity contribution in [3.63, 3.8) is 0 Å². The van der Waals surface area contributed by atoms with Crippen molar-refractivity contribution >= 4 is 96.1 Å². The normalized spacial score (nSPS) is 13.5. The molecule has 372 valence electrons. The highest BCUT2D eigenvalue weighted by Crippen LogP contribution is 2.49. The summed E-state index contributed by atoms with van der Waals surface area (Å²) in [6, 6.07) is 76.0. The molecular weight excluding hydrogens is 908 g/mol. The second-order valence-electron chi connectivity index (χ2n) is 25.2. The third kappa shape index (κ3) is 8.14. The molecule has 12 rings (SSSR count). The first-order chi connectivity index (χ1) is 35.8. The topological polar surface area (TPSA) is 14.7 Å². The van der Waals surface area contributed by atoms with Crippen molar-refractivity contribution in [3.05, 3.63) is 222 Å². The summed E-state index contributed by atoms with van der Waals surface area (Å²) >= 11 is 0. The molecule has 9 aromatic carbocycles. The summed E-state index contributed by atoms with van der Waals surface area (Å²) in [4.78, 5) is 7.59. The van der Waals surface area contributed by atoms with E-state index in [9.17, 15) is 0 Å². The maximum absolute atomic E-state index is 2.58. The van der Waals surface area contributed by atoms with Gasteiger partial charge in [0.1, 0.15) is 0 Å². The van der Waals surface area contributed by atoms with Gasteiger partial charge in [-0.2, -0.15) is 0 Å². The van der Waals surface area contributed by atoms with E-state index in [0.29, 0.717) is 0 Å². The van der Waals surface area contributed by atoms with Crippen molar-refractivity contribution in [2.24, 2.45) is 0 Å². The number of benzene rings is 9. The van der Waals surface area contributed by atoms with Crippen molar-refractivity contribution in [2.45, 2.75) is 105 Å². The number of anilines is 9. The lowest BCUT2D eigenvalue weighted by molar-refractivity contribution is 0.590. The Hall–Kier alpha value is -7.76. The van der Waals surface area contributed by atoms with Crippen LogP contribution in [0.2, 0.25) is 0 Å². The summed E-state index contributed by atoms with van der Waals surface area (Å²) in [5.74, 6) is 0. The molecular formula is C70H69BN4. The van der Waals surface area contributed by atoms with E-state index < -0.39 is 0 Å². The van der Waals surface area contributed by atoms with E-state index in [-0.39, 0.29) is 28.4 Å². The molecule has 0 spiro atoms. The summed E-state index contributed by atoms with van der Waals surface area (Å²) in [6.07, 6.45) is 0. The van der Waals surface area contributed by atoms with Crippen molar-refractivity contribution in [3.8, 4) is 5.69 Å². The molecule has 0 saturated heterocycles. The van der Waals surface area contributed by atoms with Gasteiger partial charge in [-0.05, 0) is 145 Å². The second kappa shape index (κ2) is 17.4. The third-order valence-corrected chi connectivity index (χ3v) is 16.0. The Balaban J connectivity index is 1.24. The van der Waals surface area contributed by atoms with Gasteiger partial charge in [-0.25, -0.2) is 0 Å². The first kappa shape index (κ1) is 48.2. The Bertz CT molecular complexity index is 3620. The summed E-state index contributed by atoms with van der Waals surface area (Å²) in [5.41, 5.74) is 22.9.